The summed E-state index contributed by atoms with van der Waals surface area (Å²) in [5.41, 5.74) is 10.0. The molecule has 2 atom stereocenters. The van der Waals surface area contributed by atoms with Gasteiger partial charge in [0.1, 0.15) is 12.6 Å². The van der Waals surface area contributed by atoms with Crippen LogP contribution in [0.3, 0.4) is 0 Å². The predicted molar refractivity (Wildman–Crippen MR) is 186 cm³/mol. The van der Waals surface area contributed by atoms with Crippen LogP contribution in [0.4, 0.5) is 0 Å². The summed E-state index contributed by atoms with van der Waals surface area (Å²) in [6, 6.07) is 15.2. The molecule has 1 saturated carbocycles. The lowest BCUT2D eigenvalue weighted by Crippen LogP contribution is -2.23. The minimum Gasteiger partial charge on any atom is -0.412 e. The summed E-state index contributed by atoms with van der Waals surface area (Å²) >= 11 is 0. The van der Waals surface area contributed by atoms with Gasteiger partial charge >= 0.3 is 0 Å². The number of allylic oxidation sites excluding steroid dienone is 4. The van der Waals surface area contributed by atoms with Gasteiger partial charge in [0.15, 0.2) is 0 Å². The molecule has 2 aromatic carbocycles. The van der Waals surface area contributed by atoms with Crippen molar-refractivity contribution in [1.29, 1.82) is 0 Å². The lowest BCUT2D eigenvalue weighted by atomic mass is 9.74. The van der Waals surface area contributed by atoms with Crippen LogP contribution in [0, 0.1) is 39.5 Å². The highest BCUT2D eigenvalue weighted by Crippen LogP contribution is 2.42. The second kappa shape index (κ2) is 27.1. The van der Waals surface area contributed by atoms with Crippen molar-refractivity contribution >= 4 is 12.6 Å². The number of hydrogen-bond acceptors (Lipinski definition) is 2. The Morgan fingerprint density at radius 3 is 1.88 bits per heavy atom. The predicted octanol–water partition coefficient (Wildman–Crippen LogP) is 10.7. The minimum absolute atomic E-state index is 0. The maximum absolute atomic E-state index is 12.4. The molecule has 0 amide bonds. The van der Waals surface area contributed by atoms with Gasteiger partial charge < -0.3 is 10.3 Å². The second-order valence-electron chi connectivity index (χ2n) is 10.1. The Kier molecular flexibility index (Phi) is 28.2. The monoisotopic (exact) mass is 580 g/mol. The Labute approximate surface area is 260 Å². The quantitative estimate of drug-likeness (QED) is 0.306. The fourth-order valence-corrected chi connectivity index (χ4v) is 5.31. The van der Waals surface area contributed by atoms with E-state index in [0.29, 0.717) is 17.6 Å². The molecule has 42 heavy (non-hydrogen) atoms. The minimum atomic E-state index is 0. The van der Waals surface area contributed by atoms with Gasteiger partial charge in [-0.1, -0.05) is 133 Å². The zero-order chi connectivity index (χ0) is 31.8. The molecule has 0 bridgehead atoms. The van der Waals surface area contributed by atoms with Crippen LogP contribution in [-0.2, 0) is 16.0 Å². The first kappa shape index (κ1) is 43.7. The summed E-state index contributed by atoms with van der Waals surface area (Å²) < 4.78 is 0. The average Bonchev–Trinajstić information content (AvgIpc) is 3.42. The Morgan fingerprint density at radius 2 is 1.36 bits per heavy atom. The first-order valence-corrected chi connectivity index (χ1v) is 16.2. The highest BCUT2D eigenvalue weighted by Gasteiger charge is 2.32. The Morgan fingerprint density at radius 1 is 0.810 bits per heavy atom. The molecule has 2 aliphatic carbocycles. The molecule has 2 aromatic rings. The Bertz CT molecular complexity index is 994. The van der Waals surface area contributed by atoms with E-state index in [4.69, 9.17) is 4.79 Å². The number of Topliss-reactive ketones (excluding diaryl/α,β-unsaturated/α-hetero) is 1. The molecule has 238 valence electrons. The standard InChI is InChI=1S/C22H28O.C10H14.3C2H6.CH2O.H2O/c1-2-3-5-10-22(23)20-13-14-21-18(11-12-19(21)16-20)15-17-8-6-4-7-9-17;1-7-5-8(2)10(4)9(3)6-7;4*1-2;/h4,6-9,11-12,20-21H,2-3,5,10,13-16H2,1H3;5-6H,1-4H3;3*1-2H3;1H2;1H2. The summed E-state index contributed by atoms with van der Waals surface area (Å²) in [6.45, 7) is 24.8. The topological polar surface area (TPSA) is 65.6 Å². The van der Waals surface area contributed by atoms with Gasteiger partial charge in [-0.05, 0) is 82.1 Å². The van der Waals surface area contributed by atoms with E-state index in [9.17, 15) is 4.79 Å². The molecule has 0 radical (unpaired) electrons. The van der Waals surface area contributed by atoms with Crippen LogP contribution in [-0.4, -0.2) is 18.0 Å². The summed E-state index contributed by atoms with van der Waals surface area (Å²) in [4.78, 5) is 20.4. The molecule has 0 saturated heterocycles. The van der Waals surface area contributed by atoms with Crippen LogP contribution >= 0.6 is 0 Å². The zero-order valence-electron chi connectivity index (χ0n) is 29.0. The van der Waals surface area contributed by atoms with E-state index in [0.717, 1.165) is 38.5 Å². The number of rotatable bonds is 7. The third kappa shape index (κ3) is 15.4. The van der Waals surface area contributed by atoms with Gasteiger partial charge in [-0.25, -0.2) is 0 Å². The number of carbonyl (C=O) groups excluding carboxylic acids is 2. The number of fused-ring (bicyclic) bond motifs is 1. The van der Waals surface area contributed by atoms with E-state index in [1.807, 2.05) is 48.3 Å². The number of aryl methyl sites for hydroxylation is 3. The second-order valence-corrected chi connectivity index (χ2v) is 10.1. The van der Waals surface area contributed by atoms with E-state index in [1.165, 1.54) is 46.2 Å². The van der Waals surface area contributed by atoms with Crippen LogP contribution in [0.15, 0.2) is 65.8 Å². The Balaban J connectivity index is -0.000000674. The first-order valence-electron chi connectivity index (χ1n) is 16.2. The van der Waals surface area contributed by atoms with Crippen molar-refractivity contribution in [3.63, 3.8) is 0 Å². The van der Waals surface area contributed by atoms with Gasteiger partial charge in [-0.15, -0.1) is 0 Å². The van der Waals surface area contributed by atoms with Crippen LogP contribution < -0.4 is 0 Å². The molecular formula is C39H64O3. The van der Waals surface area contributed by atoms with Gasteiger partial charge in [-0.2, -0.15) is 0 Å². The molecule has 3 heteroatoms. The number of hydrogen-bond donors (Lipinski definition) is 0. The molecule has 1 fully saturated rings. The lowest BCUT2D eigenvalue weighted by Gasteiger charge is -2.30. The van der Waals surface area contributed by atoms with Crippen molar-refractivity contribution in [2.75, 3.05) is 0 Å². The molecule has 4 rings (SSSR count). The largest absolute Gasteiger partial charge is 0.412 e. The first-order chi connectivity index (χ1) is 19.9. The van der Waals surface area contributed by atoms with Gasteiger partial charge in [0.2, 0.25) is 0 Å². The molecule has 0 spiro atoms. The number of ketones is 1. The van der Waals surface area contributed by atoms with E-state index in [1.54, 1.807) is 5.57 Å². The van der Waals surface area contributed by atoms with Gasteiger partial charge in [0.25, 0.3) is 0 Å². The van der Waals surface area contributed by atoms with Crippen molar-refractivity contribution < 1.29 is 15.1 Å². The summed E-state index contributed by atoms with van der Waals surface area (Å²) in [5.74, 6) is 1.41. The van der Waals surface area contributed by atoms with Gasteiger partial charge in [0.05, 0.1) is 0 Å². The van der Waals surface area contributed by atoms with Gasteiger partial charge in [-0.3, -0.25) is 4.79 Å². The number of benzene rings is 2. The molecule has 2 aliphatic rings. The summed E-state index contributed by atoms with van der Waals surface area (Å²) in [5, 5.41) is 0. The summed E-state index contributed by atoms with van der Waals surface area (Å²) in [6.07, 6.45) is 13.2. The fraction of sp³-hybridized carbons (Fsp3) is 0.538. The van der Waals surface area contributed by atoms with Crippen LogP contribution in [0.5, 0.6) is 0 Å². The van der Waals surface area contributed by atoms with E-state index < -0.39 is 0 Å². The molecule has 0 heterocycles. The molecule has 0 aromatic heterocycles. The fourth-order valence-electron chi connectivity index (χ4n) is 5.31. The third-order valence-electron chi connectivity index (χ3n) is 7.50. The third-order valence-corrected chi connectivity index (χ3v) is 7.50. The van der Waals surface area contributed by atoms with Crippen molar-refractivity contribution in [2.45, 2.75) is 128 Å². The van der Waals surface area contributed by atoms with Crippen molar-refractivity contribution in [2.24, 2.45) is 11.8 Å². The number of unbranched alkanes of at least 4 members (excludes halogenated alkanes) is 2. The van der Waals surface area contributed by atoms with Crippen molar-refractivity contribution in [1.82, 2.24) is 0 Å². The van der Waals surface area contributed by atoms with Crippen molar-refractivity contribution in [3.8, 4) is 0 Å². The molecule has 2 N–H and O–H groups in total. The van der Waals surface area contributed by atoms with Crippen LogP contribution in [0.2, 0.25) is 0 Å². The SMILES string of the molecule is C=O.CC.CC.CC.CCCCCC(=O)C1CCC2C(Cc3ccccc3)=CC=C2C1.Cc1cc(C)c(C)c(C)c1.O. The van der Waals surface area contributed by atoms with Crippen LogP contribution in [0.25, 0.3) is 0 Å². The lowest BCUT2D eigenvalue weighted by molar-refractivity contribution is -0.123. The van der Waals surface area contributed by atoms with Crippen molar-refractivity contribution in [3.05, 3.63) is 93.6 Å². The van der Waals surface area contributed by atoms with Crippen LogP contribution in [0.1, 0.15) is 121 Å². The molecule has 3 nitrogen and oxygen atoms in total. The molecular weight excluding hydrogens is 516 g/mol. The average molecular weight is 581 g/mol. The smallest absolute Gasteiger partial charge is 0.136 e. The normalized spacial score (nSPS) is 15.6. The highest BCUT2D eigenvalue weighted by atomic mass is 16.1. The zero-order valence-corrected chi connectivity index (χ0v) is 29.0. The Hall–Kier alpha value is -2.78. The maximum atomic E-state index is 12.4. The number of carbonyl (C=O) groups is 2. The summed E-state index contributed by atoms with van der Waals surface area (Å²) in [7, 11) is 0. The van der Waals surface area contributed by atoms with E-state index >= 15 is 0 Å². The van der Waals surface area contributed by atoms with E-state index in [2.05, 4.69) is 89.2 Å². The maximum Gasteiger partial charge on any atom is 0.136 e. The molecule has 2 unspecified atom stereocenters. The molecule has 0 aliphatic heterocycles. The highest BCUT2D eigenvalue weighted by molar-refractivity contribution is 5.81. The van der Waals surface area contributed by atoms with Gasteiger partial charge in [0, 0.05) is 18.3 Å². The van der Waals surface area contributed by atoms with E-state index in [-0.39, 0.29) is 5.48 Å².